The van der Waals surface area contributed by atoms with Gasteiger partial charge in [-0.1, -0.05) is 6.92 Å². The summed E-state index contributed by atoms with van der Waals surface area (Å²) in [6.07, 6.45) is 2.06. The minimum atomic E-state index is -0.336. The van der Waals surface area contributed by atoms with Crippen LogP contribution in [-0.4, -0.2) is 67.0 Å². The van der Waals surface area contributed by atoms with Crippen LogP contribution in [0.1, 0.15) is 32.3 Å². The van der Waals surface area contributed by atoms with Gasteiger partial charge in [0.2, 0.25) is 5.91 Å². The summed E-state index contributed by atoms with van der Waals surface area (Å²) in [7, 11) is 0. The first kappa shape index (κ1) is 20.0. The molecule has 2 fully saturated rings. The molecule has 1 aromatic rings. The van der Waals surface area contributed by atoms with Crippen molar-refractivity contribution in [2.75, 3.05) is 44.2 Å². The molecule has 0 unspecified atom stereocenters. The Morgan fingerprint density at radius 1 is 1.19 bits per heavy atom. The summed E-state index contributed by atoms with van der Waals surface area (Å²) in [5.74, 6) is 0.482. The van der Waals surface area contributed by atoms with E-state index in [1.54, 1.807) is 0 Å². The molecular weight excluding hydrogens is 362 g/mol. The highest BCUT2D eigenvalue weighted by molar-refractivity contribution is 7.80. The zero-order chi connectivity index (χ0) is 19.6. The van der Waals surface area contributed by atoms with Crippen LogP contribution in [-0.2, 0) is 9.59 Å². The lowest BCUT2D eigenvalue weighted by Gasteiger charge is -2.38. The van der Waals surface area contributed by atoms with Gasteiger partial charge in [-0.3, -0.25) is 14.5 Å². The summed E-state index contributed by atoms with van der Waals surface area (Å²) >= 11 is 4.52. The number of anilines is 1. The summed E-state index contributed by atoms with van der Waals surface area (Å²) in [6.45, 7) is 10.2. The molecular formula is C20H29N3O3S. The smallest absolute Gasteiger partial charge is 0.308 e. The molecule has 0 spiro atoms. The summed E-state index contributed by atoms with van der Waals surface area (Å²) in [5.41, 5.74) is 1.83. The number of piperazine rings is 1. The summed E-state index contributed by atoms with van der Waals surface area (Å²) in [6, 6.07) is 3.85. The van der Waals surface area contributed by atoms with Gasteiger partial charge < -0.3 is 14.5 Å². The van der Waals surface area contributed by atoms with Gasteiger partial charge in [-0.05, 0) is 50.6 Å². The lowest BCUT2D eigenvalue weighted by atomic mass is 10.1. The monoisotopic (exact) mass is 391 g/mol. The fourth-order valence-corrected chi connectivity index (χ4v) is 4.19. The number of likely N-dealkylation sites (tertiary alicyclic amines) is 1. The third kappa shape index (κ3) is 4.41. The van der Waals surface area contributed by atoms with Crippen LogP contribution in [0.5, 0.6) is 5.75 Å². The van der Waals surface area contributed by atoms with Crippen molar-refractivity contribution in [3.8, 4) is 5.75 Å². The number of nitrogens with zero attached hydrogens (tertiary/aromatic N) is 3. The standard InChI is InChI=1S/C20H29N3O3S/c1-4-21-7-5-6-16(21)20(25)23-10-8-22(9-11-23)17-13-19(27)14(2)12-18(17)26-15(3)24/h12-13,16,27H,4-11H2,1-3H3/t16-/m0/s1. The minimum Gasteiger partial charge on any atom is -0.424 e. The molecule has 2 aliphatic rings. The van der Waals surface area contributed by atoms with E-state index in [4.69, 9.17) is 4.74 Å². The molecule has 2 aliphatic heterocycles. The molecule has 0 aliphatic carbocycles. The van der Waals surface area contributed by atoms with Gasteiger partial charge in [-0.2, -0.15) is 0 Å². The second-order valence-corrected chi connectivity index (χ2v) is 7.78. The molecule has 0 saturated carbocycles. The van der Waals surface area contributed by atoms with Gasteiger partial charge in [0, 0.05) is 38.0 Å². The van der Waals surface area contributed by atoms with Crippen LogP contribution in [0.4, 0.5) is 5.69 Å². The average molecular weight is 392 g/mol. The van der Waals surface area contributed by atoms with Crippen LogP contribution in [0.25, 0.3) is 0 Å². The molecule has 0 bridgehead atoms. The number of likely N-dealkylation sites (N-methyl/N-ethyl adjacent to an activating group) is 1. The largest absolute Gasteiger partial charge is 0.424 e. The van der Waals surface area contributed by atoms with Gasteiger partial charge in [-0.15, -0.1) is 12.6 Å². The lowest BCUT2D eigenvalue weighted by molar-refractivity contribution is -0.136. The number of esters is 1. The van der Waals surface area contributed by atoms with E-state index in [2.05, 4.69) is 29.4 Å². The zero-order valence-corrected chi connectivity index (χ0v) is 17.3. The van der Waals surface area contributed by atoms with Crippen LogP contribution in [0.3, 0.4) is 0 Å². The maximum Gasteiger partial charge on any atom is 0.308 e. The van der Waals surface area contributed by atoms with Gasteiger partial charge in [-0.25, -0.2) is 0 Å². The SMILES string of the molecule is CCN1CCC[C@H]1C(=O)N1CCN(c2cc(S)c(C)cc2OC(C)=O)CC1. The number of hydrogen-bond donors (Lipinski definition) is 1. The van der Waals surface area contributed by atoms with E-state index in [9.17, 15) is 9.59 Å². The average Bonchev–Trinajstić information content (AvgIpc) is 3.12. The summed E-state index contributed by atoms with van der Waals surface area (Å²) < 4.78 is 5.42. The Balaban J connectivity index is 1.69. The van der Waals surface area contributed by atoms with Crippen molar-refractivity contribution in [2.45, 2.75) is 44.6 Å². The van der Waals surface area contributed by atoms with E-state index in [0.717, 1.165) is 55.2 Å². The fourth-order valence-electron chi connectivity index (χ4n) is 4.01. The van der Waals surface area contributed by atoms with E-state index in [-0.39, 0.29) is 17.9 Å². The molecule has 3 rings (SSSR count). The maximum absolute atomic E-state index is 12.9. The van der Waals surface area contributed by atoms with Crippen LogP contribution in [0.15, 0.2) is 17.0 Å². The molecule has 27 heavy (non-hydrogen) atoms. The highest BCUT2D eigenvalue weighted by atomic mass is 32.1. The Morgan fingerprint density at radius 3 is 2.52 bits per heavy atom. The fraction of sp³-hybridized carbons (Fsp3) is 0.600. The van der Waals surface area contributed by atoms with E-state index >= 15 is 0 Å². The first-order chi connectivity index (χ1) is 12.9. The molecule has 1 atom stereocenters. The van der Waals surface area contributed by atoms with Gasteiger partial charge in [0.05, 0.1) is 11.7 Å². The van der Waals surface area contributed by atoms with Gasteiger partial charge in [0.25, 0.3) is 0 Å². The summed E-state index contributed by atoms with van der Waals surface area (Å²) in [5, 5.41) is 0. The van der Waals surface area contributed by atoms with Crippen LogP contribution in [0, 0.1) is 6.92 Å². The lowest BCUT2D eigenvalue weighted by Crippen LogP contribution is -2.53. The van der Waals surface area contributed by atoms with Crippen molar-refractivity contribution in [1.29, 1.82) is 0 Å². The molecule has 1 amide bonds. The first-order valence-electron chi connectivity index (χ1n) is 9.70. The number of aryl methyl sites for hydroxylation is 1. The topological polar surface area (TPSA) is 53.1 Å². The molecule has 0 radical (unpaired) electrons. The second-order valence-electron chi connectivity index (χ2n) is 7.30. The van der Waals surface area contributed by atoms with E-state index in [1.165, 1.54) is 6.92 Å². The molecule has 2 heterocycles. The Labute approximate surface area is 166 Å². The first-order valence-corrected chi connectivity index (χ1v) is 10.1. The third-order valence-electron chi connectivity index (χ3n) is 5.52. The molecule has 0 aromatic heterocycles. The highest BCUT2D eigenvalue weighted by Gasteiger charge is 2.34. The van der Waals surface area contributed by atoms with E-state index < -0.39 is 0 Å². The number of carbonyl (C=O) groups is 2. The number of ether oxygens (including phenoxy) is 1. The number of carbonyl (C=O) groups excluding carboxylic acids is 2. The van der Waals surface area contributed by atoms with Gasteiger partial charge in [0.1, 0.15) is 0 Å². The summed E-state index contributed by atoms with van der Waals surface area (Å²) in [4.78, 5) is 31.7. The predicted octanol–water partition coefficient (Wildman–Crippen LogP) is 2.34. The molecule has 148 valence electrons. The van der Waals surface area contributed by atoms with E-state index in [1.807, 2.05) is 24.0 Å². The van der Waals surface area contributed by atoms with Crippen molar-refractivity contribution >= 4 is 30.2 Å². The van der Waals surface area contributed by atoms with Crippen LogP contribution >= 0.6 is 12.6 Å². The maximum atomic E-state index is 12.9. The molecule has 0 N–H and O–H groups in total. The highest BCUT2D eigenvalue weighted by Crippen LogP contribution is 2.34. The number of benzene rings is 1. The van der Waals surface area contributed by atoms with Gasteiger partial charge in [0.15, 0.2) is 5.75 Å². The van der Waals surface area contributed by atoms with Crippen molar-refractivity contribution in [2.24, 2.45) is 0 Å². The second kappa shape index (κ2) is 8.52. The van der Waals surface area contributed by atoms with Crippen molar-refractivity contribution in [1.82, 2.24) is 9.80 Å². The minimum absolute atomic E-state index is 0.0431. The normalized spacial score (nSPS) is 20.8. The third-order valence-corrected chi connectivity index (χ3v) is 6.00. The Bertz CT molecular complexity index is 717. The van der Waals surface area contributed by atoms with Crippen molar-refractivity contribution < 1.29 is 14.3 Å². The molecule has 2 saturated heterocycles. The molecule has 7 heteroatoms. The van der Waals surface area contributed by atoms with Crippen molar-refractivity contribution in [3.63, 3.8) is 0 Å². The Kier molecular flexibility index (Phi) is 6.32. The van der Waals surface area contributed by atoms with Crippen LogP contribution in [0.2, 0.25) is 0 Å². The number of rotatable bonds is 4. The zero-order valence-electron chi connectivity index (χ0n) is 16.4. The predicted molar refractivity (Wildman–Crippen MR) is 109 cm³/mol. The van der Waals surface area contributed by atoms with Crippen LogP contribution < -0.4 is 9.64 Å². The Hall–Kier alpha value is -1.73. The molecule has 6 nitrogen and oxygen atoms in total. The van der Waals surface area contributed by atoms with E-state index in [0.29, 0.717) is 18.8 Å². The number of hydrogen-bond acceptors (Lipinski definition) is 6. The quantitative estimate of drug-likeness (QED) is 0.485. The van der Waals surface area contributed by atoms with Crippen molar-refractivity contribution in [3.05, 3.63) is 17.7 Å². The number of amides is 1. The Morgan fingerprint density at radius 2 is 1.89 bits per heavy atom. The number of thiol groups is 1. The molecule has 1 aromatic carbocycles. The van der Waals surface area contributed by atoms with Gasteiger partial charge >= 0.3 is 5.97 Å².